The van der Waals surface area contributed by atoms with Gasteiger partial charge in [-0.05, 0) is 36.4 Å². The van der Waals surface area contributed by atoms with Gasteiger partial charge in [0.1, 0.15) is 12.1 Å². The van der Waals surface area contributed by atoms with Crippen LogP contribution in [0.4, 0.5) is 10.1 Å². The molecule has 156 valence electrons. The van der Waals surface area contributed by atoms with Gasteiger partial charge in [-0.1, -0.05) is 18.2 Å². The molecule has 1 aliphatic rings. The summed E-state index contributed by atoms with van der Waals surface area (Å²) in [6, 6.07) is 16.6. The number of aliphatic imine (C=N–C) groups is 1. The second-order valence-electron chi connectivity index (χ2n) is 7.18. The van der Waals surface area contributed by atoms with Gasteiger partial charge < -0.3 is 19.5 Å². The van der Waals surface area contributed by atoms with Gasteiger partial charge in [0.25, 0.3) is 0 Å². The molecule has 30 heavy (non-hydrogen) atoms. The molecule has 0 aliphatic carbocycles. The predicted molar refractivity (Wildman–Crippen MR) is 117 cm³/mol. The molecular formula is C23H26FN5O. The molecule has 1 aromatic heterocycles. The zero-order valence-electron chi connectivity index (χ0n) is 17.1. The third kappa shape index (κ3) is 4.79. The van der Waals surface area contributed by atoms with E-state index in [0.29, 0.717) is 18.9 Å². The summed E-state index contributed by atoms with van der Waals surface area (Å²) in [5, 5.41) is 3.42. The van der Waals surface area contributed by atoms with Crippen LogP contribution in [0.5, 0.6) is 0 Å². The molecule has 0 atom stereocenters. The van der Waals surface area contributed by atoms with Gasteiger partial charge >= 0.3 is 0 Å². The van der Waals surface area contributed by atoms with Gasteiger partial charge in [0.15, 0.2) is 5.96 Å². The summed E-state index contributed by atoms with van der Waals surface area (Å²) in [5.41, 5.74) is 2.89. The molecule has 0 spiro atoms. The standard InChI is InChI=1S/C23H26FN5O/c1-25-23(29-15-13-28(14-16-29)21-5-3-2-4-6-21)26-12-11-20-17-30-22(27-20)18-7-9-19(24)10-8-18/h2-10,17H,11-16H2,1H3,(H,25,26). The number of guanidine groups is 1. The Morgan fingerprint density at radius 1 is 1.07 bits per heavy atom. The minimum atomic E-state index is -0.272. The van der Waals surface area contributed by atoms with Crippen LogP contribution in [-0.2, 0) is 6.42 Å². The highest BCUT2D eigenvalue weighted by molar-refractivity contribution is 5.80. The molecule has 0 unspecified atom stereocenters. The second-order valence-corrected chi connectivity index (χ2v) is 7.18. The molecule has 0 amide bonds. The van der Waals surface area contributed by atoms with Crippen LogP contribution in [0, 0.1) is 5.82 Å². The minimum Gasteiger partial charge on any atom is -0.444 e. The maximum absolute atomic E-state index is 13.1. The molecule has 1 saturated heterocycles. The topological polar surface area (TPSA) is 56.9 Å². The minimum absolute atomic E-state index is 0.272. The Kier molecular flexibility index (Phi) is 6.27. The summed E-state index contributed by atoms with van der Waals surface area (Å²) < 4.78 is 18.6. The molecule has 0 radical (unpaired) electrons. The lowest BCUT2D eigenvalue weighted by atomic mass is 10.2. The van der Waals surface area contributed by atoms with E-state index in [-0.39, 0.29) is 5.82 Å². The third-order valence-electron chi connectivity index (χ3n) is 5.22. The van der Waals surface area contributed by atoms with Crippen LogP contribution < -0.4 is 10.2 Å². The van der Waals surface area contributed by atoms with Gasteiger partial charge in [0, 0.05) is 57.4 Å². The van der Waals surface area contributed by atoms with Crippen molar-refractivity contribution < 1.29 is 8.81 Å². The van der Waals surface area contributed by atoms with Crippen molar-refractivity contribution in [1.29, 1.82) is 0 Å². The highest BCUT2D eigenvalue weighted by Crippen LogP contribution is 2.19. The first-order valence-corrected chi connectivity index (χ1v) is 10.2. The number of nitrogens with one attached hydrogen (secondary N) is 1. The predicted octanol–water partition coefficient (Wildman–Crippen LogP) is 3.42. The lowest BCUT2D eigenvalue weighted by Gasteiger charge is -2.37. The van der Waals surface area contributed by atoms with Crippen molar-refractivity contribution in [2.75, 3.05) is 44.7 Å². The third-order valence-corrected chi connectivity index (χ3v) is 5.22. The zero-order chi connectivity index (χ0) is 20.8. The van der Waals surface area contributed by atoms with Crippen molar-refractivity contribution in [3.8, 4) is 11.5 Å². The molecule has 7 heteroatoms. The fraction of sp³-hybridized carbons (Fsp3) is 0.304. The van der Waals surface area contributed by atoms with E-state index in [1.165, 1.54) is 17.8 Å². The lowest BCUT2D eigenvalue weighted by Crippen LogP contribution is -2.52. The molecule has 1 fully saturated rings. The number of anilines is 1. The van der Waals surface area contributed by atoms with Gasteiger partial charge in [-0.3, -0.25) is 4.99 Å². The van der Waals surface area contributed by atoms with Gasteiger partial charge in [0.2, 0.25) is 5.89 Å². The van der Waals surface area contributed by atoms with Crippen LogP contribution in [0.2, 0.25) is 0 Å². The number of piperazine rings is 1. The molecule has 0 saturated carbocycles. The van der Waals surface area contributed by atoms with Crippen LogP contribution in [0.3, 0.4) is 0 Å². The number of aromatic nitrogens is 1. The second kappa shape index (κ2) is 9.43. The number of oxazole rings is 1. The van der Waals surface area contributed by atoms with Crippen molar-refractivity contribution in [3.05, 3.63) is 72.4 Å². The van der Waals surface area contributed by atoms with E-state index in [2.05, 4.69) is 49.4 Å². The number of hydrogen-bond acceptors (Lipinski definition) is 4. The van der Waals surface area contributed by atoms with E-state index in [1.807, 2.05) is 13.1 Å². The summed E-state index contributed by atoms with van der Waals surface area (Å²) in [6.45, 7) is 4.49. The molecule has 1 aliphatic heterocycles. The number of rotatable bonds is 5. The number of nitrogens with zero attached hydrogens (tertiary/aromatic N) is 4. The fourth-order valence-corrected chi connectivity index (χ4v) is 3.60. The molecule has 4 rings (SSSR count). The van der Waals surface area contributed by atoms with Crippen LogP contribution in [0.1, 0.15) is 5.69 Å². The molecular weight excluding hydrogens is 381 g/mol. The molecule has 3 aromatic rings. The van der Waals surface area contributed by atoms with E-state index in [9.17, 15) is 4.39 Å². The monoisotopic (exact) mass is 407 g/mol. The van der Waals surface area contributed by atoms with Crippen LogP contribution in [-0.4, -0.2) is 55.6 Å². The van der Waals surface area contributed by atoms with Crippen molar-refractivity contribution in [2.24, 2.45) is 4.99 Å². The number of halogens is 1. The molecule has 0 bridgehead atoms. The normalized spacial score (nSPS) is 14.8. The smallest absolute Gasteiger partial charge is 0.226 e. The van der Waals surface area contributed by atoms with Crippen molar-refractivity contribution in [3.63, 3.8) is 0 Å². The summed E-state index contributed by atoms with van der Waals surface area (Å²) in [7, 11) is 1.81. The Morgan fingerprint density at radius 2 is 1.80 bits per heavy atom. The van der Waals surface area contributed by atoms with Crippen molar-refractivity contribution in [1.82, 2.24) is 15.2 Å². The average molecular weight is 407 g/mol. The number of para-hydroxylation sites is 1. The van der Waals surface area contributed by atoms with E-state index in [1.54, 1.807) is 18.4 Å². The lowest BCUT2D eigenvalue weighted by molar-refractivity contribution is 0.373. The number of hydrogen-bond donors (Lipinski definition) is 1. The summed E-state index contributed by atoms with van der Waals surface area (Å²) >= 11 is 0. The van der Waals surface area contributed by atoms with E-state index < -0.39 is 0 Å². The van der Waals surface area contributed by atoms with Crippen molar-refractivity contribution >= 4 is 11.6 Å². The van der Waals surface area contributed by atoms with E-state index in [4.69, 9.17) is 4.42 Å². The van der Waals surface area contributed by atoms with Crippen molar-refractivity contribution in [2.45, 2.75) is 6.42 Å². The number of benzene rings is 2. The SMILES string of the molecule is CN=C(NCCc1coc(-c2ccc(F)cc2)n1)N1CCN(c2ccccc2)CC1. The Labute approximate surface area is 176 Å². The maximum atomic E-state index is 13.1. The average Bonchev–Trinajstić information content (AvgIpc) is 3.27. The zero-order valence-corrected chi connectivity index (χ0v) is 17.1. The molecule has 2 aromatic carbocycles. The fourth-order valence-electron chi connectivity index (χ4n) is 3.60. The van der Waals surface area contributed by atoms with E-state index >= 15 is 0 Å². The highest BCUT2D eigenvalue weighted by Gasteiger charge is 2.19. The first kappa shape index (κ1) is 19.9. The molecule has 1 N–H and O–H groups in total. The Balaban J connectivity index is 1.26. The maximum Gasteiger partial charge on any atom is 0.226 e. The molecule has 2 heterocycles. The summed E-state index contributed by atoms with van der Waals surface area (Å²) in [6.07, 6.45) is 2.37. The molecule has 6 nitrogen and oxygen atoms in total. The van der Waals surface area contributed by atoms with Gasteiger partial charge in [-0.2, -0.15) is 0 Å². The van der Waals surface area contributed by atoms with Gasteiger partial charge in [-0.15, -0.1) is 0 Å². The summed E-state index contributed by atoms with van der Waals surface area (Å²) in [4.78, 5) is 13.6. The highest BCUT2D eigenvalue weighted by atomic mass is 19.1. The van der Waals surface area contributed by atoms with E-state index in [0.717, 1.165) is 43.4 Å². The summed E-state index contributed by atoms with van der Waals surface area (Å²) in [5.74, 6) is 1.14. The van der Waals surface area contributed by atoms with Gasteiger partial charge in [0.05, 0.1) is 5.69 Å². The Hall–Kier alpha value is -3.35. The quantitative estimate of drug-likeness (QED) is 0.519. The Morgan fingerprint density at radius 3 is 2.50 bits per heavy atom. The van der Waals surface area contributed by atoms with Crippen LogP contribution >= 0.6 is 0 Å². The first-order valence-electron chi connectivity index (χ1n) is 10.2. The van der Waals surface area contributed by atoms with Crippen LogP contribution in [0.25, 0.3) is 11.5 Å². The Bertz CT molecular complexity index is 963. The van der Waals surface area contributed by atoms with Crippen LogP contribution in [0.15, 0.2) is 70.3 Å². The van der Waals surface area contributed by atoms with Gasteiger partial charge in [-0.25, -0.2) is 9.37 Å². The largest absolute Gasteiger partial charge is 0.444 e. The first-order chi connectivity index (χ1) is 14.7.